The predicted molar refractivity (Wildman–Crippen MR) is 84.3 cm³/mol. The molecule has 0 fully saturated rings. The van der Waals surface area contributed by atoms with E-state index in [1.807, 2.05) is 30.0 Å². The van der Waals surface area contributed by atoms with Crippen LogP contribution in [0.3, 0.4) is 0 Å². The summed E-state index contributed by atoms with van der Waals surface area (Å²) in [5.74, 6) is 1.91. The summed E-state index contributed by atoms with van der Waals surface area (Å²) in [4.78, 5) is 14.2. The zero-order valence-corrected chi connectivity index (χ0v) is 13.5. The largest absolute Gasteiger partial charge is 0.496 e. The molecule has 0 aliphatic heterocycles. The van der Waals surface area contributed by atoms with Gasteiger partial charge in [-0.25, -0.2) is 0 Å². The average Bonchev–Trinajstić information content (AvgIpc) is 2.41. The Labute approximate surface area is 130 Å². The average molecular weight is 318 g/mol. The molecule has 0 aliphatic rings. The molecule has 1 rings (SSSR count). The van der Waals surface area contributed by atoms with Gasteiger partial charge in [-0.3, -0.25) is 9.69 Å². The SMILES string of the molecule is COc1cccc(C)c1CC(=O)CN(CCCl)CCCl. The third-order valence-corrected chi connectivity index (χ3v) is 3.50. The summed E-state index contributed by atoms with van der Waals surface area (Å²) >= 11 is 11.5. The summed E-state index contributed by atoms with van der Waals surface area (Å²) in [5, 5.41) is 0. The number of halogens is 2. The second-order valence-corrected chi connectivity index (χ2v) is 5.38. The van der Waals surface area contributed by atoms with E-state index in [-0.39, 0.29) is 5.78 Å². The molecule has 0 spiro atoms. The van der Waals surface area contributed by atoms with Crippen molar-refractivity contribution in [2.75, 3.05) is 38.5 Å². The van der Waals surface area contributed by atoms with E-state index in [1.165, 1.54) is 0 Å². The Morgan fingerprint density at radius 1 is 1.25 bits per heavy atom. The first-order chi connectivity index (χ1) is 9.62. The Morgan fingerprint density at radius 3 is 2.45 bits per heavy atom. The number of ether oxygens (including phenoxy) is 1. The van der Waals surface area contributed by atoms with E-state index >= 15 is 0 Å². The molecule has 0 aromatic heterocycles. The maximum Gasteiger partial charge on any atom is 0.151 e. The Balaban J connectivity index is 2.70. The highest BCUT2D eigenvalue weighted by atomic mass is 35.5. The molecular formula is C15H21Cl2NO2. The highest BCUT2D eigenvalue weighted by Gasteiger charge is 2.14. The van der Waals surface area contributed by atoms with Gasteiger partial charge in [-0.15, -0.1) is 23.2 Å². The number of rotatable bonds is 9. The van der Waals surface area contributed by atoms with E-state index in [4.69, 9.17) is 27.9 Å². The molecule has 0 saturated heterocycles. The lowest BCUT2D eigenvalue weighted by atomic mass is 10.0. The summed E-state index contributed by atoms with van der Waals surface area (Å²) < 4.78 is 5.32. The number of Topliss-reactive ketones (excluding diaryl/α,β-unsaturated/α-hetero) is 1. The molecule has 1 aromatic carbocycles. The zero-order valence-electron chi connectivity index (χ0n) is 12.0. The van der Waals surface area contributed by atoms with Gasteiger partial charge in [0.25, 0.3) is 0 Å². The lowest BCUT2D eigenvalue weighted by Gasteiger charge is -2.19. The van der Waals surface area contributed by atoms with Gasteiger partial charge < -0.3 is 4.74 Å². The molecule has 20 heavy (non-hydrogen) atoms. The van der Waals surface area contributed by atoms with Crippen molar-refractivity contribution in [3.05, 3.63) is 29.3 Å². The van der Waals surface area contributed by atoms with Crippen molar-refractivity contribution < 1.29 is 9.53 Å². The van der Waals surface area contributed by atoms with Crippen LogP contribution in [0.4, 0.5) is 0 Å². The molecule has 0 heterocycles. The number of alkyl halides is 2. The van der Waals surface area contributed by atoms with Gasteiger partial charge >= 0.3 is 0 Å². The van der Waals surface area contributed by atoms with E-state index in [9.17, 15) is 4.79 Å². The third kappa shape index (κ3) is 5.31. The van der Waals surface area contributed by atoms with Gasteiger partial charge in [0.1, 0.15) is 5.75 Å². The number of carbonyl (C=O) groups excluding carboxylic acids is 1. The fourth-order valence-corrected chi connectivity index (χ4v) is 2.58. The minimum Gasteiger partial charge on any atom is -0.496 e. The molecule has 5 heteroatoms. The van der Waals surface area contributed by atoms with Gasteiger partial charge in [0.15, 0.2) is 5.78 Å². The summed E-state index contributed by atoms with van der Waals surface area (Å²) in [6.07, 6.45) is 0.372. The van der Waals surface area contributed by atoms with Gasteiger partial charge in [0.05, 0.1) is 13.7 Å². The second kappa shape index (κ2) is 9.22. The van der Waals surface area contributed by atoms with Gasteiger partial charge in [-0.2, -0.15) is 0 Å². The van der Waals surface area contributed by atoms with Crippen LogP contribution < -0.4 is 4.74 Å². The molecule has 1 aromatic rings. The monoisotopic (exact) mass is 317 g/mol. The standard InChI is InChI=1S/C15H21Cl2NO2/c1-12-4-3-5-15(20-2)14(12)10-13(19)11-18(8-6-16)9-7-17/h3-5H,6-11H2,1-2H3. The van der Waals surface area contributed by atoms with Gasteiger partial charge in [0, 0.05) is 36.8 Å². The molecule has 3 nitrogen and oxygen atoms in total. The molecule has 0 bridgehead atoms. The normalized spacial score (nSPS) is 10.8. The number of aryl methyl sites for hydroxylation is 1. The summed E-state index contributed by atoms with van der Waals surface area (Å²) in [6.45, 7) is 3.70. The fraction of sp³-hybridized carbons (Fsp3) is 0.533. The van der Waals surface area contributed by atoms with Crippen molar-refractivity contribution in [2.45, 2.75) is 13.3 Å². The molecule has 0 saturated carbocycles. The predicted octanol–water partition coefficient (Wildman–Crippen LogP) is 2.89. The number of hydrogen-bond acceptors (Lipinski definition) is 3. The number of methoxy groups -OCH3 is 1. The molecule has 0 unspecified atom stereocenters. The van der Waals surface area contributed by atoms with Gasteiger partial charge in [-0.1, -0.05) is 12.1 Å². The van der Waals surface area contributed by atoms with Crippen LogP contribution in [-0.4, -0.2) is 49.2 Å². The highest BCUT2D eigenvalue weighted by Crippen LogP contribution is 2.22. The van der Waals surface area contributed by atoms with Crippen molar-refractivity contribution in [3.63, 3.8) is 0 Å². The molecule has 0 N–H and O–H groups in total. The van der Waals surface area contributed by atoms with Crippen LogP contribution in [0.2, 0.25) is 0 Å². The minimum atomic E-state index is 0.146. The number of carbonyl (C=O) groups is 1. The Bertz CT molecular complexity index is 432. The summed E-state index contributed by atoms with van der Waals surface area (Å²) in [6, 6.07) is 5.79. The fourth-order valence-electron chi connectivity index (χ4n) is 2.10. The lowest BCUT2D eigenvalue weighted by molar-refractivity contribution is -0.119. The molecule has 0 radical (unpaired) electrons. The van der Waals surface area contributed by atoms with E-state index in [1.54, 1.807) is 7.11 Å². The van der Waals surface area contributed by atoms with Crippen LogP contribution in [0.5, 0.6) is 5.75 Å². The van der Waals surface area contributed by atoms with Crippen molar-refractivity contribution >= 4 is 29.0 Å². The van der Waals surface area contributed by atoms with Crippen molar-refractivity contribution in [2.24, 2.45) is 0 Å². The number of ketones is 1. The quantitative estimate of drug-likeness (QED) is 0.656. The number of benzene rings is 1. The Kier molecular flexibility index (Phi) is 7.97. The van der Waals surface area contributed by atoms with E-state index < -0.39 is 0 Å². The van der Waals surface area contributed by atoms with Crippen LogP contribution in [0.25, 0.3) is 0 Å². The number of nitrogens with zero attached hydrogens (tertiary/aromatic N) is 1. The van der Waals surface area contributed by atoms with Crippen molar-refractivity contribution in [1.29, 1.82) is 0 Å². The Morgan fingerprint density at radius 2 is 1.90 bits per heavy atom. The van der Waals surface area contributed by atoms with Crippen molar-refractivity contribution in [3.8, 4) is 5.75 Å². The molecule has 0 aliphatic carbocycles. The minimum absolute atomic E-state index is 0.146. The molecule has 0 atom stereocenters. The third-order valence-electron chi connectivity index (χ3n) is 3.16. The van der Waals surface area contributed by atoms with Crippen LogP contribution >= 0.6 is 23.2 Å². The highest BCUT2D eigenvalue weighted by molar-refractivity contribution is 6.18. The van der Waals surface area contributed by atoms with Crippen LogP contribution in [0.1, 0.15) is 11.1 Å². The van der Waals surface area contributed by atoms with Gasteiger partial charge in [-0.05, 0) is 18.6 Å². The van der Waals surface area contributed by atoms with Crippen molar-refractivity contribution in [1.82, 2.24) is 4.90 Å². The zero-order chi connectivity index (χ0) is 15.0. The maximum atomic E-state index is 12.2. The Hall–Kier alpha value is -0.770. The van der Waals surface area contributed by atoms with Gasteiger partial charge in [0.2, 0.25) is 0 Å². The second-order valence-electron chi connectivity index (χ2n) is 4.63. The lowest BCUT2D eigenvalue weighted by Crippen LogP contribution is -2.34. The topological polar surface area (TPSA) is 29.5 Å². The summed E-state index contributed by atoms with van der Waals surface area (Å²) in [7, 11) is 1.62. The maximum absolute atomic E-state index is 12.2. The summed E-state index contributed by atoms with van der Waals surface area (Å²) in [5.41, 5.74) is 2.02. The first kappa shape index (κ1) is 17.3. The van der Waals surface area contributed by atoms with E-state index in [0.717, 1.165) is 16.9 Å². The smallest absolute Gasteiger partial charge is 0.151 e. The van der Waals surface area contributed by atoms with Crippen LogP contribution in [-0.2, 0) is 11.2 Å². The molecular weight excluding hydrogens is 297 g/mol. The molecule has 0 amide bonds. The van der Waals surface area contributed by atoms with E-state index in [0.29, 0.717) is 37.8 Å². The molecule has 112 valence electrons. The van der Waals surface area contributed by atoms with Crippen LogP contribution in [0, 0.1) is 6.92 Å². The first-order valence-electron chi connectivity index (χ1n) is 6.60. The number of hydrogen-bond donors (Lipinski definition) is 0. The van der Waals surface area contributed by atoms with E-state index in [2.05, 4.69) is 0 Å². The van der Waals surface area contributed by atoms with Crippen LogP contribution in [0.15, 0.2) is 18.2 Å². The first-order valence-corrected chi connectivity index (χ1v) is 7.67.